The molecule has 1 atom stereocenters. The van der Waals surface area contributed by atoms with Crippen LogP contribution < -0.4 is 5.32 Å². The first-order chi connectivity index (χ1) is 9.19. The maximum atomic E-state index is 4.10. The Bertz CT molecular complexity index is 515. The van der Waals surface area contributed by atoms with E-state index in [0.717, 1.165) is 29.7 Å². The molecule has 0 aliphatic carbocycles. The molecule has 0 aromatic carbocycles. The average Bonchev–Trinajstić information content (AvgIpc) is 3.00. The van der Waals surface area contributed by atoms with E-state index in [1.165, 1.54) is 10.4 Å². The van der Waals surface area contributed by atoms with Crippen molar-refractivity contribution in [2.75, 3.05) is 6.54 Å². The van der Waals surface area contributed by atoms with E-state index in [2.05, 4.69) is 56.9 Å². The Morgan fingerprint density at radius 3 is 2.84 bits per heavy atom. The van der Waals surface area contributed by atoms with Crippen LogP contribution in [0.5, 0.6) is 0 Å². The molecule has 6 heteroatoms. The number of halogens is 1. The summed E-state index contributed by atoms with van der Waals surface area (Å²) in [5, 5.41) is 14.0. The van der Waals surface area contributed by atoms with Crippen LogP contribution in [0.2, 0.25) is 0 Å². The lowest BCUT2D eigenvalue weighted by Gasteiger charge is -2.19. The largest absolute Gasteiger partial charge is 0.304 e. The smallest absolute Gasteiger partial charge is 0.153 e. The number of nitrogens with one attached hydrogen (secondary N) is 1. The normalized spacial score (nSPS) is 12.8. The SMILES string of the molecule is CCCNC(c1sccc1CC)c1c(Br)nnn1C. The summed E-state index contributed by atoms with van der Waals surface area (Å²) in [4.78, 5) is 1.36. The summed E-state index contributed by atoms with van der Waals surface area (Å²) in [7, 11) is 1.94. The van der Waals surface area contributed by atoms with Gasteiger partial charge in [-0.2, -0.15) is 0 Å². The van der Waals surface area contributed by atoms with E-state index >= 15 is 0 Å². The summed E-state index contributed by atoms with van der Waals surface area (Å²) < 4.78 is 2.66. The van der Waals surface area contributed by atoms with Crippen LogP contribution in [0.4, 0.5) is 0 Å². The third kappa shape index (κ3) is 3.07. The van der Waals surface area contributed by atoms with E-state index in [0.29, 0.717) is 0 Å². The molecule has 2 heterocycles. The Labute approximate surface area is 126 Å². The van der Waals surface area contributed by atoms with Gasteiger partial charge in [-0.3, -0.25) is 0 Å². The quantitative estimate of drug-likeness (QED) is 0.875. The molecular weight excluding hydrogens is 324 g/mol. The Morgan fingerprint density at radius 1 is 1.47 bits per heavy atom. The zero-order valence-electron chi connectivity index (χ0n) is 11.5. The standard InChI is InChI=1S/C13H19BrN4S/c1-4-7-15-10(11-13(14)16-17-18(11)3)12-9(5-2)6-8-19-12/h6,8,10,15H,4-5,7H2,1-3H3. The summed E-state index contributed by atoms with van der Waals surface area (Å²) in [5.41, 5.74) is 2.48. The van der Waals surface area contributed by atoms with Gasteiger partial charge in [0.1, 0.15) is 0 Å². The highest BCUT2D eigenvalue weighted by Crippen LogP contribution is 2.32. The first-order valence-corrected chi connectivity index (χ1v) is 8.21. The van der Waals surface area contributed by atoms with Gasteiger partial charge in [0.05, 0.1) is 11.7 Å². The van der Waals surface area contributed by atoms with Crippen LogP contribution in [0.1, 0.15) is 42.4 Å². The van der Waals surface area contributed by atoms with E-state index < -0.39 is 0 Å². The Balaban J connectivity index is 2.41. The molecule has 2 rings (SSSR count). The van der Waals surface area contributed by atoms with Gasteiger partial charge in [-0.15, -0.1) is 16.4 Å². The highest BCUT2D eigenvalue weighted by Gasteiger charge is 2.24. The molecule has 0 spiro atoms. The van der Waals surface area contributed by atoms with Gasteiger partial charge in [0.25, 0.3) is 0 Å². The molecule has 0 saturated carbocycles. The van der Waals surface area contributed by atoms with Crippen molar-refractivity contribution in [3.05, 3.63) is 32.2 Å². The molecule has 0 saturated heterocycles. The summed E-state index contributed by atoms with van der Waals surface area (Å²) in [6.45, 7) is 5.35. The van der Waals surface area contributed by atoms with E-state index in [9.17, 15) is 0 Å². The number of hydrogen-bond donors (Lipinski definition) is 1. The number of aromatic nitrogens is 3. The van der Waals surface area contributed by atoms with Gasteiger partial charge >= 0.3 is 0 Å². The van der Waals surface area contributed by atoms with Crippen molar-refractivity contribution in [3.8, 4) is 0 Å². The molecule has 2 aromatic heterocycles. The maximum absolute atomic E-state index is 4.10. The molecule has 0 aliphatic rings. The maximum Gasteiger partial charge on any atom is 0.153 e. The van der Waals surface area contributed by atoms with Crippen molar-refractivity contribution in [2.24, 2.45) is 7.05 Å². The van der Waals surface area contributed by atoms with E-state index in [-0.39, 0.29) is 6.04 Å². The van der Waals surface area contributed by atoms with Crippen LogP contribution in [0, 0.1) is 0 Å². The molecule has 0 amide bonds. The number of rotatable bonds is 6. The lowest BCUT2D eigenvalue weighted by atomic mass is 10.1. The first-order valence-electron chi connectivity index (χ1n) is 6.53. The molecule has 0 radical (unpaired) electrons. The predicted octanol–water partition coefficient (Wildman–Crippen LogP) is 3.29. The third-order valence-corrected chi connectivity index (χ3v) is 4.71. The van der Waals surface area contributed by atoms with Gasteiger partial charge in [-0.25, -0.2) is 4.68 Å². The summed E-state index contributed by atoms with van der Waals surface area (Å²) in [6, 6.07) is 2.36. The molecule has 0 bridgehead atoms. The van der Waals surface area contributed by atoms with Crippen molar-refractivity contribution in [3.63, 3.8) is 0 Å². The molecular formula is C13H19BrN4S. The van der Waals surface area contributed by atoms with Crippen molar-refractivity contribution in [1.82, 2.24) is 20.3 Å². The van der Waals surface area contributed by atoms with Crippen molar-refractivity contribution in [1.29, 1.82) is 0 Å². The molecule has 0 aliphatic heterocycles. The number of thiophene rings is 1. The van der Waals surface area contributed by atoms with Crippen LogP contribution in [0.25, 0.3) is 0 Å². The molecule has 19 heavy (non-hydrogen) atoms. The summed E-state index contributed by atoms with van der Waals surface area (Å²) in [6.07, 6.45) is 2.15. The van der Waals surface area contributed by atoms with Crippen LogP contribution in [-0.4, -0.2) is 21.5 Å². The Morgan fingerprint density at radius 2 is 2.26 bits per heavy atom. The predicted molar refractivity (Wildman–Crippen MR) is 82.5 cm³/mol. The van der Waals surface area contributed by atoms with Crippen molar-refractivity contribution < 1.29 is 0 Å². The number of nitrogens with zero attached hydrogens (tertiary/aromatic N) is 3. The molecule has 104 valence electrons. The molecule has 0 fully saturated rings. The number of hydrogen-bond acceptors (Lipinski definition) is 4. The van der Waals surface area contributed by atoms with Gasteiger partial charge in [0, 0.05) is 11.9 Å². The fourth-order valence-corrected chi connectivity index (χ4v) is 3.77. The monoisotopic (exact) mass is 342 g/mol. The average molecular weight is 343 g/mol. The van der Waals surface area contributed by atoms with Crippen LogP contribution >= 0.6 is 27.3 Å². The highest BCUT2D eigenvalue weighted by atomic mass is 79.9. The van der Waals surface area contributed by atoms with E-state index in [1.54, 1.807) is 11.3 Å². The Kier molecular flexibility index (Phi) is 5.13. The lowest BCUT2D eigenvalue weighted by molar-refractivity contribution is 0.553. The second-order valence-electron chi connectivity index (χ2n) is 4.44. The van der Waals surface area contributed by atoms with Gasteiger partial charge in [0.2, 0.25) is 0 Å². The summed E-state index contributed by atoms with van der Waals surface area (Å²) >= 11 is 5.31. The molecule has 2 aromatic rings. The fraction of sp³-hybridized carbons (Fsp3) is 0.538. The third-order valence-electron chi connectivity index (χ3n) is 3.12. The van der Waals surface area contributed by atoms with Crippen LogP contribution in [-0.2, 0) is 13.5 Å². The number of aryl methyl sites for hydroxylation is 2. The minimum atomic E-state index is 0.157. The molecule has 1 N–H and O–H groups in total. The van der Waals surface area contributed by atoms with Gasteiger partial charge < -0.3 is 5.32 Å². The second-order valence-corrected chi connectivity index (χ2v) is 6.14. The first kappa shape index (κ1) is 14.7. The molecule has 1 unspecified atom stereocenters. The van der Waals surface area contributed by atoms with Crippen molar-refractivity contribution in [2.45, 2.75) is 32.7 Å². The van der Waals surface area contributed by atoms with Crippen molar-refractivity contribution >= 4 is 27.3 Å². The zero-order chi connectivity index (χ0) is 13.8. The van der Waals surface area contributed by atoms with E-state index in [4.69, 9.17) is 0 Å². The Hall–Kier alpha value is -0.720. The molecule has 4 nitrogen and oxygen atoms in total. The fourth-order valence-electron chi connectivity index (χ4n) is 2.14. The summed E-state index contributed by atoms with van der Waals surface area (Å²) in [5.74, 6) is 0. The van der Waals surface area contributed by atoms with Gasteiger partial charge in [-0.05, 0) is 52.3 Å². The zero-order valence-corrected chi connectivity index (χ0v) is 13.9. The minimum absolute atomic E-state index is 0.157. The minimum Gasteiger partial charge on any atom is -0.304 e. The topological polar surface area (TPSA) is 42.7 Å². The van der Waals surface area contributed by atoms with Crippen LogP contribution in [0.3, 0.4) is 0 Å². The highest BCUT2D eigenvalue weighted by molar-refractivity contribution is 9.10. The van der Waals surface area contributed by atoms with Gasteiger partial charge in [0.15, 0.2) is 4.60 Å². The van der Waals surface area contributed by atoms with E-state index in [1.807, 2.05) is 11.7 Å². The lowest BCUT2D eigenvalue weighted by Crippen LogP contribution is -2.25. The van der Waals surface area contributed by atoms with Gasteiger partial charge in [-0.1, -0.05) is 19.1 Å². The second kappa shape index (κ2) is 6.63. The van der Waals surface area contributed by atoms with Crippen LogP contribution in [0.15, 0.2) is 16.0 Å².